The molecule has 0 spiro atoms. The van der Waals surface area contributed by atoms with E-state index < -0.39 is 12.0 Å². The highest BCUT2D eigenvalue weighted by atomic mass is 32.2. The summed E-state index contributed by atoms with van der Waals surface area (Å²) in [5.41, 5.74) is 1.35. The molecule has 6 nitrogen and oxygen atoms in total. The number of oxazole rings is 1. The lowest BCUT2D eigenvalue weighted by molar-refractivity contribution is -0.141. The SMILES string of the molecule is COC(=O)C(CCSC(C)=O)Nc1nc2ccccc2o1. The van der Waals surface area contributed by atoms with Crippen molar-refractivity contribution in [2.75, 3.05) is 18.2 Å². The van der Waals surface area contributed by atoms with Crippen LogP contribution in [0.3, 0.4) is 0 Å². The molecule has 0 aliphatic rings. The predicted octanol–water partition coefficient (Wildman–Crippen LogP) is 2.45. The molecule has 1 N–H and O–H groups in total. The lowest BCUT2D eigenvalue weighted by atomic mass is 10.2. The first-order valence-electron chi connectivity index (χ1n) is 6.43. The maximum absolute atomic E-state index is 11.8. The molecule has 1 atom stereocenters. The number of ether oxygens (including phenoxy) is 1. The van der Waals surface area contributed by atoms with Gasteiger partial charge in [0.25, 0.3) is 6.01 Å². The summed E-state index contributed by atoms with van der Waals surface area (Å²) >= 11 is 1.17. The molecule has 2 aromatic rings. The zero-order valence-corrected chi connectivity index (χ0v) is 12.6. The number of para-hydroxylation sites is 2. The van der Waals surface area contributed by atoms with Crippen LogP contribution in [0, 0.1) is 0 Å². The number of hydrogen-bond donors (Lipinski definition) is 1. The number of hydrogen-bond acceptors (Lipinski definition) is 7. The first-order chi connectivity index (χ1) is 10.1. The van der Waals surface area contributed by atoms with Gasteiger partial charge in [0.15, 0.2) is 10.7 Å². The van der Waals surface area contributed by atoms with Crippen LogP contribution in [0.2, 0.25) is 0 Å². The molecule has 0 aliphatic heterocycles. The van der Waals surface area contributed by atoms with Gasteiger partial charge in [0.1, 0.15) is 11.6 Å². The van der Waals surface area contributed by atoms with Crippen LogP contribution < -0.4 is 5.32 Å². The first-order valence-corrected chi connectivity index (χ1v) is 7.42. The lowest BCUT2D eigenvalue weighted by Crippen LogP contribution is -2.31. The molecule has 21 heavy (non-hydrogen) atoms. The molecule has 2 rings (SSSR count). The Kier molecular flexibility index (Phi) is 5.21. The van der Waals surface area contributed by atoms with Crippen molar-refractivity contribution in [3.63, 3.8) is 0 Å². The number of carbonyl (C=O) groups is 2. The van der Waals surface area contributed by atoms with Crippen LogP contribution in [0.25, 0.3) is 11.1 Å². The maximum Gasteiger partial charge on any atom is 0.328 e. The minimum atomic E-state index is -0.602. The van der Waals surface area contributed by atoms with Crippen molar-refractivity contribution in [2.45, 2.75) is 19.4 Å². The van der Waals surface area contributed by atoms with Crippen LogP contribution in [-0.4, -0.2) is 35.0 Å². The zero-order chi connectivity index (χ0) is 15.2. The third kappa shape index (κ3) is 4.22. The van der Waals surface area contributed by atoms with E-state index in [0.717, 1.165) is 0 Å². The Hall–Kier alpha value is -2.02. The van der Waals surface area contributed by atoms with Crippen LogP contribution in [0.1, 0.15) is 13.3 Å². The number of carbonyl (C=O) groups excluding carboxylic acids is 2. The Morgan fingerprint density at radius 3 is 2.86 bits per heavy atom. The van der Waals surface area contributed by atoms with Gasteiger partial charge in [-0.1, -0.05) is 23.9 Å². The molecule has 7 heteroatoms. The Labute approximate surface area is 126 Å². The highest BCUT2D eigenvalue weighted by Crippen LogP contribution is 2.20. The summed E-state index contributed by atoms with van der Waals surface area (Å²) in [6, 6.07) is 6.98. The summed E-state index contributed by atoms with van der Waals surface area (Å²) < 4.78 is 10.3. The molecule has 0 aliphatic carbocycles. The van der Waals surface area contributed by atoms with Gasteiger partial charge in [-0.15, -0.1) is 0 Å². The van der Waals surface area contributed by atoms with Crippen molar-refractivity contribution in [1.82, 2.24) is 4.98 Å². The number of methoxy groups -OCH3 is 1. The Balaban J connectivity index is 2.06. The molecule has 1 aromatic carbocycles. The number of nitrogens with one attached hydrogen (secondary N) is 1. The van der Waals surface area contributed by atoms with Gasteiger partial charge in [-0.05, 0) is 18.6 Å². The largest absolute Gasteiger partial charge is 0.467 e. The van der Waals surface area contributed by atoms with Crippen LogP contribution in [0.5, 0.6) is 0 Å². The molecule has 1 aromatic heterocycles. The Bertz CT molecular complexity index is 608. The smallest absolute Gasteiger partial charge is 0.328 e. The predicted molar refractivity (Wildman–Crippen MR) is 81.2 cm³/mol. The summed E-state index contributed by atoms with van der Waals surface area (Å²) in [4.78, 5) is 26.9. The molecule has 0 saturated carbocycles. The number of benzene rings is 1. The topological polar surface area (TPSA) is 81.4 Å². The molecule has 0 radical (unpaired) electrons. The van der Waals surface area contributed by atoms with Crippen molar-refractivity contribution >= 4 is 40.0 Å². The van der Waals surface area contributed by atoms with Crippen LogP contribution >= 0.6 is 11.8 Å². The second-order valence-corrected chi connectivity index (χ2v) is 5.61. The van der Waals surface area contributed by atoms with Crippen LogP contribution in [0.15, 0.2) is 28.7 Å². The fourth-order valence-electron chi connectivity index (χ4n) is 1.79. The van der Waals surface area contributed by atoms with Gasteiger partial charge in [-0.25, -0.2) is 4.79 Å². The molecular formula is C14H16N2O4S. The summed E-state index contributed by atoms with van der Waals surface area (Å²) in [7, 11) is 1.32. The molecule has 0 bridgehead atoms. The van der Waals surface area contributed by atoms with Crippen molar-refractivity contribution in [1.29, 1.82) is 0 Å². The number of nitrogens with zero attached hydrogens (tertiary/aromatic N) is 1. The minimum absolute atomic E-state index is 0.0143. The second-order valence-electron chi connectivity index (χ2n) is 4.34. The summed E-state index contributed by atoms with van der Waals surface area (Å²) in [5.74, 6) is 0.101. The van der Waals surface area contributed by atoms with E-state index in [0.29, 0.717) is 23.3 Å². The van der Waals surface area contributed by atoms with Gasteiger partial charge in [0.05, 0.1) is 7.11 Å². The average Bonchev–Trinajstić information content (AvgIpc) is 2.87. The number of aromatic nitrogens is 1. The van der Waals surface area contributed by atoms with E-state index in [4.69, 9.17) is 9.15 Å². The Morgan fingerprint density at radius 1 is 1.43 bits per heavy atom. The van der Waals surface area contributed by atoms with Crippen LogP contribution in [-0.2, 0) is 14.3 Å². The molecule has 112 valence electrons. The number of fused-ring (bicyclic) bond motifs is 1. The van der Waals surface area contributed by atoms with E-state index in [2.05, 4.69) is 10.3 Å². The van der Waals surface area contributed by atoms with E-state index in [1.807, 2.05) is 18.2 Å². The monoisotopic (exact) mass is 308 g/mol. The van der Waals surface area contributed by atoms with Crippen molar-refractivity contribution in [3.8, 4) is 0 Å². The highest BCUT2D eigenvalue weighted by molar-refractivity contribution is 8.13. The Morgan fingerprint density at radius 2 is 2.19 bits per heavy atom. The molecule has 0 amide bonds. The lowest BCUT2D eigenvalue weighted by Gasteiger charge is -2.14. The number of thioether (sulfide) groups is 1. The summed E-state index contributed by atoms with van der Waals surface area (Å²) in [5, 5.41) is 2.93. The highest BCUT2D eigenvalue weighted by Gasteiger charge is 2.21. The number of esters is 1. The number of rotatable bonds is 6. The van der Waals surface area contributed by atoms with Gasteiger partial charge in [-0.2, -0.15) is 4.98 Å². The fraction of sp³-hybridized carbons (Fsp3) is 0.357. The second kappa shape index (κ2) is 7.12. The van der Waals surface area contributed by atoms with Gasteiger partial charge < -0.3 is 14.5 Å². The van der Waals surface area contributed by atoms with Crippen molar-refractivity contribution in [3.05, 3.63) is 24.3 Å². The standard InChI is InChI=1S/C14H16N2O4S/c1-9(17)21-8-7-11(13(18)19-2)16-14-15-10-5-3-4-6-12(10)20-14/h3-6,11H,7-8H2,1-2H3,(H,15,16). The number of anilines is 1. The summed E-state index contributed by atoms with van der Waals surface area (Å²) in [6.07, 6.45) is 0.440. The molecule has 1 unspecified atom stereocenters. The van der Waals surface area contributed by atoms with Gasteiger partial charge in [0.2, 0.25) is 0 Å². The van der Waals surface area contributed by atoms with Gasteiger partial charge in [-0.3, -0.25) is 4.79 Å². The molecule has 0 fully saturated rings. The van der Waals surface area contributed by atoms with E-state index in [-0.39, 0.29) is 11.1 Å². The van der Waals surface area contributed by atoms with E-state index in [1.165, 1.54) is 25.8 Å². The van der Waals surface area contributed by atoms with Gasteiger partial charge in [0, 0.05) is 12.7 Å². The summed E-state index contributed by atoms with van der Waals surface area (Å²) in [6.45, 7) is 1.49. The average molecular weight is 308 g/mol. The zero-order valence-electron chi connectivity index (χ0n) is 11.8. The molecular weight excluding hydrogens is 292 g/mol. The van der Waals surface area contributed by atoms with Crippen molar-refractivity contribution in [2.24, 2.45) is 0 Å². The van der Waals surface area contributed by atoms with Crippen LogP contribution in [0.4, 0.5) is 6.01 Å². The quantitative estimate of drug-likeness (QED) is 0.821. The fourth-order valence-corrected chi connectivity index (χ4v) is 2.44. The first kappa shape index (κ1) is 15.4. The van der Waals surface area contributed by atoms with E-state index in [9.17, 15) is 9.59 Å². The maximum atomic E-state index is 11.8. The minimum Gasteiger partial charge on any atom is -0.467 e. The molecule has 0 saturated heterocycles. The van der Waals surface area contributed by atoms with E-state index >= 15 is 0 Å². The third-order valence-corrected chi connectivity index (χ3v) is 3.64. The van der Waals surface area contributed by atoms with Gasteiger partial charge >= 0.3 is 5.97 Å². The molecule has 1 heterocycles. The normalized spacial score (nSPS) is 12.1. The third-order valence-electron chi connectivity index (χ3n) is 2.79. The van der Waals surface area contributed by atoms with Crippen molar-refractivity contribution < 1.29 is 18.7 Å². The van der Waals surface area contributed by atoms with E-state index in [1.54, 1.807) is 6.07 Å².